The molecule has 0 heterocycles. The van der Waals surface area contributed by atoms with E-state index in [2.05, 4.69) is 14.5 Å². The Kier molecular flexibility index (Phi) is 9.14. The van der Waals surface area contributed by atoms with E-state index in [4.69, 9.17) is 0 Å². The summed E-state index contributed by atoms with van der Waals surface area (Å²) in [5.41, 5.74) is 0. The highest BCUT2D eigenvalue weighted by Gasteiger charge is 1.95. The number of esters is 1. The first-order valence-electron chi connectivity index (χ1n) is 3.30. The maximum atomic E-state index is 9.85. The second-order valence-corrected chi connectivity index (χ2v) is 1.85. The Morgan fingerprint density at radius 3 is 1.08 bits per heavy atom. The van der Waals surface area contributed by atoms with Gasteiger partial charge in [-0.2, -0.15) is 0 Å². The van der Waals surface area contributed by atoms with Crippen molar-refractivity contribution in [3.63, 3.8) is 0 Å². The molecule has 0 spiro atoms. The predicted molar refractivity (Wildman–Crippen MR) is 41.2 cm³/mol. The topological polar surface area (TPSA) is 78.9 Å². The van der Waals surface area contributed by atoms with Crippen LogP contribution in [0.1, 0.15) is 20.8 Å². The number of rotatable bonds is 0. The van der Waals surface area contributed by atoms with Crippen molar-refractivity contribution >= 4 is 17.9 Å². The summed E-state index contributed by atoms with van der Waals surface area (Å²) in [5, 5.41) is 0. The smallest absolute Gasteiger partial charge is 0.352 e. The molecule has 0 unspecified atom stereocenters. The van der Waals surface area contributed by atoms with Crippen LogP contribution in [0.25, 0.3) is 0 Å². The van der Waals surface area contributed by atoms with Crippen LogP contribution in [0.15, 0.2) is 0 Å². The molecule has 0 aromatic carbocycles. The third-order valence-corrected chi connectivity index (χ3v) is 0.564. The van der Waals surface area contributed by atoms with Crippen LogP contribution in [-0.2, 0) is 28.9 Å². The van der Waals surface area contributed by atoms with E-state index < -0.39 is 11.9 Å². The highest BCUT2D eigenvalue weighted by molar-refractivity contribution is 5.69. The zero-order chi connectivity index (χ0) is 10.9. The maximum absolute atomic E-state index is 9.85. The fourth-order valence-electron chi connectivity index (χ4n) is 0.117. The van der Waals surface area contributed by atoms with Crippen LogP contribution in [0, 0.1) is 0 Å². The molecule has 0 N–H and O–H groups in total. The number of carbonyl (C=O) groups excluding carboxylic acids is 3. The first-order chi connectivity index (χ1) is 5.90. The van der Waals surface area contributed by atoms with Gasteiger partial charge in [0.05, 0.1) is 7.11 Å². The maximum Gasteiger partial charge on any atom is 0.352 e. The molecule has 0 aliphatic rings. The molecule has 0 aliphatic heterocycles. The molecule has 0 rings (SSSR count). The molecule has 13 heavy (non-hydrogen) atoms. The van der Waals surface area contributed by atoms with Crippen LogP contribution in [0.5, 0.6) is 0 Å². The van der Waals surface area contributed by atoms with Crippen molar-refractivity contribution in [3.8, 4) is 0 Å². The normalized spacial score (nSPS) is 7.38. The zero-order valence-corrected chi connectivity index (χ0v) is 7.95. The molecule has 0 radical (unpaired) electrons. The molecular formula is C7H12O6. The molecular weight excluding hydrogens is 180 g/mol. The van der Waals surface area contributed by atoms with Crippen molar-refractivity contribution in [2.45, 2.75) is 20.8 Å². The van der Waals surface area contributed by atoms with Crippen molar-refractivity contribution in [1.29, 1.82) is 0 Å². The Morgan fingerprint density at radius 1 is 0.769 bits per heavy atom. The lowest BCUT2D eigenvalue weighted by Crippen LogP contribution is -2.03. The Labute approximate surface area is 75.7 Å². The summed E-state index contributed by atoms with van der Waals surface area (Å²) in [6.07, 6.45) is 0. The van der Waals surface area contributed by atoms with Crippen LogP contribution < -0.4 is 0 Å². The van der Waals surface area contributed by atoms with Crippen LogP contribution in [-0.4, -0.2) is 25.0 Å². The van der Waals surface area contributed by atoms with Crippen molar-refractivity contribution in [3.05, 3.63) is 0 Å². The largest absolute Gasteiger partial charge is 0.469 e. The first kappa shape index (κ1) is 14.0. The zero-order valence-electron chi connectivity index (χ0n) is 7.95. The summed E-state index contributed by atoms with van der Waals surface area (Å²) in [5.74, 6) is -1.52. The molecule has 0 amide bonds. The molecule has 0 aromatic rings. The minimum atomic E-state index is -0.639. The number of methoxy groups -OCH3 is 1. The Hall–Kier alpha value is -1.59. The van der Waals surface area contributed by atoms with Gasteiger partial charge >= 0.3 is 17.9 Å². The lowest BCUT2D eigenvalue weighted by atomic mass is 10.8. The molecule has 0 saturated carbocycles. The van der Waals surface area contributed by atoms with Crippen molar-refractivity contribution in [1.82, 2.24) is 0 Å². The number of ether oxygens (including phenoxy) is 1. The van der Waals surface area contributed by atoms with Gasteiger partial charge in [-0.25, -0.2) is 19.4 Å². The van der Waals surface area contributed by atoms with Crippen molar-refractivity contribution in [2.75, 3.05) is 7.11 Å². The van der Waals surface area contributed by atoms with Gasteiger partial charge in [-0.3, -0.25) is 4.79 Å². The molecule has 6 nitrogen and oxygen atoms in total. The Morgan fingerprint density at radius 2 is 1.00 bits per heavy atom. The molecule has 6 heteroatoms. The number of carbonyl (C=O) groups is 3. The minimum absolute atomic E-state index is 0.245. The van der Waals surface area contributed by atoms with Gasteiger partial charge in [0.25, 0.3) is 0 Å². The van der Waals surface area contributed by atoms with Crippen LogP contribution in [0.2, 0.25) is 0 Å². The fraction of sp³-hybridized carbons (Fsp3) is 0.571. The van der Waals surface area contributed by atoms with E-state index in [1.165, 1.54) is 14.0 Å². The molecule has 0 aromatic heterocycles. The standard InChI is InChI=1S/C4H6O4.C3H6O2/c1-3(5)7-8-4(2)6;1-3(4)5-2/h1-2H3;1-2H3. The summed E-state index contributed by atoms with van der Waals surface area (Å²) in [6.45, 7) is 3.64. The number of hydrogen-bond donors (Lipinski definition) is 0. The van der Waals surface area contributed by atoms with Gasteiger partial charge in [0.1, 0.15) is 0 Å². The summed E-state index contributed by atoms with van der Waals surface area (Å²) in [4.78, 5) is 36.9. The third kappa shape index (κ3) is 25.2. The second kappa shape index (κ2) is 8.51. The van der Waals surface area contributed by atoms with Crippen LogP contribution >= 0.6 is 0 Å². The van der Waals surface area contributed by atoms with Gasteiger partial charge in [-0.15, -0.1) is 0 Å². The van der Waals surface area contributed by atoms with E-state index in [1.54, 1.807) is 0 Å². The average molecular weight is 192 g/mol. The lowest BCUT2D eigenvalue weighted by Gasteiger charge is -1.93. The minimum Gasteiger partial charge on any atom is -0.469 e. The first-order valence-corrected chi connectivity index (χ1v) is 3.30. The van der Waals surface area contributed by atoms with E-state index in [1.807, 2.05) is 0 Å². The lowest BCUT2D eigenvalue weighted by molar-refractivity contribution is -0.255. The van der Waals surface area contributed by atoms with Gasteiger partial charge in [0.2, 0.25) is 0 Å². The second-order valence-electron chi connectivity index (χ2n) is 1.85. The van der Waals surface area contributed by atoms with Crippen LogP contribution in [0.3, 0.4) is 0 Å². The molecule has 0 atom stereocenters. The van der Waals surface area contributed by atoms with E-state index >= 15 is 0 Å². The Balaban J connectivity index is 0. The van der Waals surface area contributed by atoms with E-state index in [0.29, 0.717) is 0 Å². The monoisotopic (exact) mass is 192 g/mol. The molecule has 0 saturated heterocycles. The molecule has 0 fully saturated rings. The summed E-state index contributed by atoms with van der Waals surface area (Å²) >= 11 is 0. The SMILES string of the molecule is CC(=O)OOC(C)=O.COC(C)=O. The molecule has 76 valence electrons. The van der Waals surface area contributed by atoms with Crippen molar-refractivity contribution in [2.24, 2.45) is 0 Å². The van der Waals surface area contributed by atoms with E-state index in [-0.39, 0.29) is 5.97 Å². The number of hydrogen-bond acceptors (Lipinski definition) is 6. The van der Waals surface area contributed by atoms with Gasteiger partial charge in [-0.1, -0.05) is 0 Å². The van der Waals surface area contributed by atoms with E-state index in [0.717, 1.165) is 13.8 Å². The summed E-state index contributed by atoms with van der Waals surface area (Å²) in [6, 6.07) is 0. The van der Waals surface area contributed by atoms with Gasteiger partial charge in [-0.05, 0) is 0 Å². The van der Waals surface area contributed by atoms with E-state index in [9.17, 15) is 14.4 Å². The van der Waals surface area contributed by atoms with Crippen LogP contribution in [0.4, 0.5) is 0 Å². The van der Waals surface area contributed by atoms with Gasteiger partial charge in [0.15, 0.2) is 0 Å². The quantitative estimate of drug-likeness (QED) is 0.310. The fourth-order valence-corrected chi connectivity index (χ4v) is 0.117. The molecule has 0 bridgehead atoms. The van der Waals surface area contributed by atoms with Gasteiger partial charge < -0.3 is 4.74 Å². The highest BCUT2D eigenvalue weighted by atomic mass is 17.2. The average Bonchev–Trinajstić information content (AvgIpc) is 2.02. The molecule has 0 aliphatic carbocycles. The predicted octanol–water partition coefficient (Wildman–Crippen LogP) is 0.207. The highest BCUT2D eigenvalue weighted by Crippen LogP contribution is 1.78. The Bertz CT molecular complexity index is 171. The van der Waals surface area contributed by atoms with Gasteiger partial charge in [0, 0.05) is 20.8 Å². The van der Waals surface area contributed by atoms with Crippen molar-refractivity contribution < 1.29 is 28.9 Å². The summed E-state index contributed by atoms with van der Waals surface area (Å²) < 4.78 is 4.11. The third-order valence-electron chi connectivity index (χ3n) is 0.564. The summed E-state index contributed by atoms with van der Waals surface area (Å²) in [7, 11) is 1.35.